The van der Waals surface area contributed by atoms with Crippen LogP contribution in [0.4, 0.5) is 5.69 Å². The molecule has 116 valence electrons. The number of aryl methyl sites for hydroxylation is 2. The highest BCUT2D eigenvalue weighted by Crippen LogP contribution is 2.23. The molecule has 0 fully saturated rings. The molecule has 0 heterocycles. The van der Waals surface area contributed by atoms with Gasteiger partial charge >= 0.3 is 0 Å². The van der Waals surface area contributed by atoms with Gasteiger partial charge in [-0.15, -0.1) is 12.4 Å². The molecule has 0 spiro atoms. The Kier molecular flexibility index (Phi) is 5.58. The smallest absolute Gasteiger partial charge is 0.255 e. The molecule has 2 aromatic rings. The first kappa shape index (κ1) is 16.5. The maximum atomic E-state index is 12.4. The molecule has 1 aliphatic rings. The van der Waals surface area contributed by atoms with Gasteiger partial charge in [0.15, 0.2) is 0 Å². The van der Waals surface area contributed by atoms with E-state index < -0.39 is 0 Å². The fraction of sp³-hybridized carbons (Fsp3) is 0.278. The molecule has 0 unspecified atom stereocenters. The van der Waals surface area contributed by atoms with E-state index in [1.54, 1.807) is 0 Å². The van der Waals surface area contributed by atoms with Crippen LogP contribution in [0.2, 0.25) is 0 Å². The fourth-order valence-electron chi connectivity index (χ4n) is 2.88. The molecule has 2 aromatic carbocycles. The van der Waals surface area contributed by atoms with Gasteiger partial charge in [-0.05, 0) is 67.3 Å². The summed E-state index contributed by atoms with van der Waals surface area (Å²) in [5, 5.41) is 6.09. The van der Waals surface area contributed by atoms with E-state index in [2.05, 4.69) is 16.7 Å². The van der Waals surface area contributed by atoms with Crippen LogP contribution >= 0.6 is 12.4 Å². The topological polar surface area (TPSA) is 41.1 Å². The molecule has 1 aliphatic carbocycles. The van der Waals surface area contributed by atoms with Gasteiger partial charge in [-0.25, -0.2) is 0 Å². The van der Waals surface area contributed by atoms with Crippen LogP contribution in [0.3, 0.4) is 0 Å². The van der Waals surface area contributed by atoms with Crippen LogP contribution < -0.4 is 10.6 Å². The average molecular weight is 317 g/mol. The molecular formula is C18H21ClN2O. The van der Waals surface area contributed by atoms with Crippen molar-refractivity contribution in [1.82, 2.24) is 5.32 Å². The van der Waals surface area contributed by atoms with Crippen molar-refractivity contribution in [3.05, 3.63) is 64.7 Å². The summed E-state index contributed by atoms with van der Waals surface area (Å²) in [6.07, 6.45) is 3.43. The summed E-state index contributed by atoms with van der Waals surface area (Å²) < 4.78 is 0. The molecule has 0 aromatic heterocycles. The van der Waals surface area contributed by atoms with Gasteiger partial charge in [-0.2, -0.15) is 0 Å². The largest absolute Gasteiger partial charge is 0.322 e. The molecule has 0 saturated carbocycles. The minimum atomic E-state index is -0.0358. The zero-order valence-electron chi connectivity index (χ0n) is 12.7. The first-order valence-corrected chi connectivity index (χ1v) is 7.43. The van der Waals surface area contributed by atoms with Gasteiger partial charge in [0.25, 0.3) is 5.91 Å². The van der Waals surface area contributed by atoms with E-state index in [-0.39, 0.29) is 18.3 Å². The second kappa shape index (κ2) is 7.43. The van der Waals surface area contributed by atoms with Gasteiger partial charge in [-0.1, -0.05) is 18.2 Å². The van der Waals surface area contributed by atoms with Crippen LogP contribution in [-0.4, -0.2) is 13.0 Å². The van der Waals surface area contributed by atoms with Crippen LogP contribution in [-0.2, 0) is 19.4 Å². The zero-order chi connectivity index (χ0) is 14.7. The highest BCUT2D eigenvalue weighted by Gasteiger charge is 2.14. The predicted molar refractivity (Wildman–Crippen MR) is 92.9 cm³/mol. The number of amides is 1. The third-order valence-electron chi connectivity index (χ3n) is 3.93. The molecular weight excluding hydrogens is 296 g/mol. The highest BCUT2D eigenvalue weighted by atomic mass is 35.5. The third kappa shape index (κ3) is 3.67. The lowest BCUT2D eigenvalue weighted by Crippen LogP contribution is -2.13. The Balaban J connectivity index is 0.00000176. The Hall–Kier alpha value is -1.84. The van der Waals surface area contributed by atoms with Crippen LogP contribution in [0.15, 0.2) is 42.5 Å². The van der Waals surface area contributed by atoms with Gasteiger partial charge in [0, 0.05) is 17.8 Å². The molecule has 4 heteroatoms. The van der Waals surface area contributed by atoms with E-state index >= 15 is 0 Å². The van der Waals surface area contributed by atoms with Gasteiger partial charge in [0.1, 0.15) is 0 Å². The van der Waals surface area contributed by atoms with E-state index in [0.717, 1.165) is 36.2 Å². The standard InChI is InChI=1S/C18H20N2O.ClH/c1-19-12-13-4-2-7-17(10-13)20-18(21)16-9-8-14-5-3-6-15(14)11-16;/h2,4,7-11,19H,3,5-6,12H2,1H3,(H,20,21);1H. The first-order chi connectivity index (χ1) is 10.3. The Morgan fingerprint density at radius 1 is 1.09 bits per heavy atom. The number of carbonyl (C=O) groups excluding carboxylic acids is 1. The van der Waals surface area contributed by atoms with E-state index in [4.69, 9.17) is 0 Å². The van der Waals surface area contributed by atoms with Crippen LogP contribution in [0.1, 0.15) is 33.5 Å². The lowest BCUT2D eigenvalue weighted by molar-refractivity contribution is 0.102. The van der Waals surface area contributed by atoms with Crippen molar-refractivity contribution < 1.29 is 4.79 Å². The molecule has 0 saturated heterocycles. The summed E-state index contributed by atoms with van der Waals surface area (Å²) in [4.78, 5) is 12.4. The number of nitrogens with one attached hydrogen (secondary N) is 2. The molecule has 2 N–H and O–H groups in total. The normalized spacial score (nSPS) is 12.4. The van der Waals surface area contributed by atoms with Gasteiger partial charge in [0.05, 0.1) is 0 Å². The maximum Gasteiger partial charge on any atom is 0.255 e. The molecule has 0 aliphatic heterocycles. The molecule has 1 amide bonds. The molecule has 0 atom stereocenters. The number of halogens is 1. The molecule has 22 heavy (non-hydrogen) atoms. The number of hydrogen-bond acceptors (Lipinski definition) is 2. The molecule has 0 radical (unpaired) electrons. The quantitative estimate of drug-likeness (QED) is 0.905. The van der Waals surface area contributed by atoms with E-state index in [9.17, 15) is 4.79 Å². The van der Waals surface area contributed by atoms with E-state index in [1.165, 1.54) is 17.5 Å². The number of fused-ring (bicyclic) bond motifs is 1. The molecule has 3 rings (SSSR count). The summed E-state index contributed by atoms with van der Waals surface area (Å²) in [5.41, 5.74) is 5.46. The Labute approximate surface area is 137 Å². The molecule has 3 nitrogen and oxygen atoms in total. The van der Waals surface area contributed by atoms with Crippen molar-refractivity contribution in [2.24, 2.45) is 0 Å². The predicted octanol–water partition coefficient (Wildman–Crippen LogP) is 3.57. The second-order valence-electron chi connectivity index (χ2n) is 5.52. The Bertz CT molecular complexity index is 670. The van der Waals surface area contributed by atoms with Gasteiger partial charge in [-0.3, -0.25) is 4.79 Å². The van der Waals surface area contributed by atoms with Crippen LogP contribution in [0.5, 0.6) is 0 Å². The van der Waals surface area contributed by atoms with Crippen LogP contribution in [0, 0.1) is 0 Å². The summed E-state index contributed by atoms with van der Waals surface area (Å²) in [6.45, 7) is 0.794. The van der Waals surface area contributed by atoms with Gasteiger partial charge in [0.2, 0.25) is 0 Å². The average Bonchev–Trinajstić information content (AvgIpc) is 2.95. The number of carbonyl (C=O) groups is 1. The number of rotatable bonds is 4. The summed E-state index contributed by atoms with van der Waals surface area (Å²) in [7, 11) is 1.91. The number of benzene rings is 2. The zero-order valence-corrected chi connectivity index (χ0v) is 13.5. The van der Waals surface area contributed by atoms with Crippen molar-refractivity contribution in [2.45, 2.75) is 25.8 Å². The van der Waals surface area contributed by atoms with E-state index in [0.29, 0.717) is 0 Å². The Morgan fingerprint density at radius 2 is 1.91 bits per heavy atom. The van der Waals surface area contributed by atoms with Crippen LogP contribution in [0.25, 0.3) is 0 Å². The maximum absolute atomic E-state index is 12.4. The minimum absolute atomic E-state index is 0. The third-order valence-corrected chi connectivity index (χ3v) is 3.93. The lowest BCUT2D eigenvalue weighted by atomic mass is 10.1. The fourth-order valence-corrected chi connectivity index (χ4v) is 2.88. The van der Waals surface area contributed by atoms with E-state index in [1.807, 2.05) is 43.4 Å². The van der Waals surface area contributed by atoms with Crippen molar-refractivity contribution >= 4 is 24.0 Å². The highest BCUT2D eigenvalue weighted by molar-refractivity contribution is 6.04. The van der Waals surface area contributed by atoms with Gasteiger partial charge < -0.3 is 10.6 Å². The first-order valence-electron chi connectivity index (χ1n) is 7.43. The second-order valence-corrected chi connectivity index (χ2v) is 5.52. The van der Waals surface area contributed by atoms with Crippen molar-refractivity contribution in [3.63, 3.8) is 0 Å². The summed E-state index contributed by atoms with van der Waals surface area (Å²) in [6, 6.07) is 14.0. The van der Waals surface area contributed by atoms with Crippen molar-refractivity contribution in [1.29, 1.82) is 0 Å². The summed E-state index contributed by atoms with van der Waals surface area (Å²) in [5.74, 6) is -0.0358. The van der Waals surface area contributed by atoms with Crippen molar-refractivity contribution in [2.75, 3.05) is 12.4 Å². The summed E-state index contributed by atoms with van der Waals surface area (Å²) >= 11 is 0. The SMILES string of the molecule is CNCc1cccc(NC(=O)c2ccc3c(c2)CCC3)c1.Cl. The number of hydrogen-bond donors (Lipinski definition) is 2. The monoisotopic (exact) mass is 316 g/mol. The number of anilines is 1. The Morgan fingerprint density at radius 3 is 2.73 bits per heavy atom. The van der Waals surface area contributed by atoms with Crippen molar-refractivity contribution in [3.8, 4) is 0 Å². The molecule has 0 bridgehead atoms. The lowest BCUT2D eigenvalue weighted by Gasteiger charge is -2.08. The minimum Gasteiger partial charge on any atom is -0.322 e.